The first-order chi connectivity index (χ1) is 8.99. The number of hydrogen-bond donors (Lipinski definition) is 2. The summed E-state index contributed by atoms with van der Waals surface area (Å²) < 4.78 is 0.982. The summed E-state index contributed by atoms with van der Waals surface area (Å²) >= 11 is 4.97. The number of carboxylic acid groups (broad SMARTS) is 1. The molecule has 19 heavy (non-hydrogen) atoms. The molecule has 2 rings (SSSR count). The van der Waals surface area contributed by atoms with E-state index in [-0.39, 0.29) is 18.5 Å². The molecule has 1 aliphatic rings. The van der Waals surface area contributed by atoms with Gasteiger partial charge in [0.25, 0.3) is 0 Å². The van der Waals surface area contributed by atoms with E-state index in [0.717, 1.165) is 9.35 Å². The van der Waals surface area contributed by atoms with E-state index in [1.54, 1.807) is 16.2 Å². The molecule has 1 fully saturated rings. The van der Waals surface area contributed by atoms with Crippen LogP contribution >= 0.6 is 27.3 Å². The minimum absolute atomic E-state index is 0.00303. The van der Waals surface area contributed by atoms with Gasteiger partial charge in [-0.25, -0.2) is 4.79 Å². The standard InChI is InChI=1S/C12H15BrN2O3S/c1-7-5-15(6-8(7)11(16)17)12(18)14-4-10-9(13)2-3-19-10/h2-3,7-8H,4-6H2,1H3,(H,14,18)(H,16,17). The Balaban J connectivity index is 1.88. The summed E-state index contributed by atoms with van der Waals surface area (Å²) in [5, 5.41) is 13.8. The summed E-state index contributed by atoms with van der Waals surface area (Å²) in [4.78, 5) is 25.6. The molecule has 1 aromatic heterocycles. The van der Waals surface area contributed by atoms with Crippen molar-refractivity contribution in [1.29, 1.82) is 0 Å². The molecule has 5 nitrogen and oxygen atoms in total. The molecule has 2 atom stereocenters. The van der Waals surface area contributed by atoms with Crippen molar-refractivity contribution >= 4 is 39.3 Å². The maximum absolute atomic E-state index is 12.0. The van der Waals surface area contributed by atoms with Gasteiger partial charge in [0, 0.05) is 22.4 Å². The third kappa shape index (κ3) is 3.27. The highest BCUT2D eigenvalue weighted by molar-refractivity contribution is 9.10. The van der Waals surface area contributed by atoms with Gasteiger partial charge in [0.1, 0.15) is 0 Å². The van der Waals surface area contributed by atoms with Crippen molar-refractivity contribution in [1.82, 2.24) is 10.2 Å². The molecular weight excluding hydrogens is 332 g/mol. The number of nitrogens with zero attached hydrogens (tertiary/aromatic N) is 1. The lowest BCUT2D eigenvalue weighted by Gasteiger charge is -2.16. The van der Waals surface area contributed by atoms with E-state index >= 15 is 0 Å². The van der Waals surface area contributed by atoms with Crippen LogP contribution in [0.1, 0.15) is 11.8 Å². The SMILES string of the molecule is CC1CN(C(=O)NCc2sccc2Br)CC1C(=O)O. The van der Waals surface area contributed by atoms with Gasteiger partial charge in [0.05, 0.1) is 12.5 Å². The Morgan fingerprint density at radius 2 is 2.32 bits per heavy atom. The second-order valence-corrected chi connectivity index (χ2v) is 6.53. The van der Waals surface area contributed by atoms with Crippen LogP contribution in [0.4, 0.5) is 4.79 Å². The molecule has 1 aliphatic heterocycles. The Kier molecular flexibility index (Phi) is 4.46. The molecule has 0 spiro atoms. The van der Waals surface area contributed by atoms with Gasteiger partial charge < -0.3 is 15.3 Å². The second-order valence-electron chi connectivity index (χ2n) is 4.68. The number of carbonyl (C=O) groups excluding carboxylic acids is 1. The maximum atomic E-state index is 12.0. The van der Waals surface area contributed by atoms with Gasteiger partial charge in [-0.2, -0.15) is 0 Å². The molecule has 2 unspecified atom stereocenters. The number of carbonyl (C=O) groups is 2. The Hall–Kier alpha value is -1.08. The Labute approximate surface area is 123 Å². The first kappa shape index (κ1) is 14.3. The fourth-order valence-electron chi connectivity index (χ4n) is 2.17. The van der Waals surface area contributed by atoms with Crippen LogP contribution in [0.2, 0.25) is 0 Å². The second kappa shape index (κ2) is 5.92. The van der Waals surface area contributed by atoms with Gasteiger partial charge in [-0.1, -0.05) is 6.92 Å². The van der Waals surface area contributed by atoms with Gasteiger partial charge >= 0.3 is 12.0 Å². The van der Waals surface area contributed by atoms with E-state index in [4.69, 9.17) is 5.11 Å². The van der Waals surface area contributed by atoms with Crippen LogP contribution in [0.3, 0.4) is 0 Å². The van der Waals surface area contributed by atoms with Crippen molar-refractivity contribution in [2.45, 2.75) is 13.5 Å². The lowest BCUT2D eigenvalue weighted by Crippen LogP contribution is -2.38. The van der Waals surface area contributed by atoms with E-state index in [1.165, 1.54) is 0 Å². The zero-order valence-electron chi connectivity index (χ0n) is 10.4. The molecule has 0 radical (unpaired) electrons. The number of rotatable bonds is 3. The van der Waals surface area contributed by atoms with E-state index in [9.17, 15) is 9.59 Å². The predicted molar refractivity (Wildman–Crippen MR) is 76.1 cm³/mol. The number of aliphatic carboxylic acids is 1. The first-order valence-corrected chi connectivity index (χ1v) is 7.63. The van der Waals surface area contributed by atoms with Crippen molar-refractivity contribution < 1.29 is 14.7 Å². The lowest BCUT2D eigenvalue weighted by atomic mass is 9.99. The van der Waals surface area contributed by atoms with E-state index < -0.39 is 11.9 Å². The number of likely N-dealkylation sites (tertiary alicyclic amines) is 1. The lowest BCUT2D eigenvalue weighted by molar-refractivity contribution is -0.142. The fraction of sp³-hybridized carbons (Fsp3) is 0.500. The summed E-state index contributed by atoms with van der Waals surface area (Å²) in [5.41, 5.74) is 0. The molecule has 104 valence electrons. The smallest absolute Gasteiger partial charge is 0.317 e. The number of halogens is 1. The number of urea groups is 1. The van der Waals surface area contributed by atoms with Crippen molar-refractivity contribution in [3.63, 3.8) is 0 Å². The molecule has 1 aromatic rings. The molecule has 2 amide bonds. The largest absolute Gasteiger partial charge is 0.481 e. The highest BCUT2D eigenvalue weighted by atomic mass is 79.9. The predicted octanol–water partition coefficient (Wildman–Crippen LogP) is 2.37. The van der Waals surface area contributed by atoms with Crippen molar-refractivity contribution in [2.75, 3.05) is 13.1 Å². The van der Waals surface area contributed by atoms with Crippen LogP contribution in [-0.2, 0) is 11.3 Å². The molecule has 0 aliphatic carbocycles. The highest BCUT2D eigenvalue weighted by Crippen LogP contribution is 2.24. The van der Waals surface area contributed by atoms with E-state index in [0.29, 0.717) is 13.1 Å². The van der Waals surface area contributed by atoms with Crippen molar-refractivity contribution in [3.05, 3.63) is 20.8 Å². The molecule has 0 bridgehead atoms. The van der Waals surface area contributed by atoms with Crippen molar-refractivity contribution in [3.8, 4) is 0 Å². The maximum Gasteiger partial charge on any atom is 0.317 e. The highest BCUT2D eigenvalue weighted by Gasteiger charge is 2.36. The molecule has 0 aromatic carbocycles. The van der Waals surface area contributed by atoms with Crippen LogP contribution in [-0.4, -0.2) is 35.1 Å². The summed E-state index contributed by atoms with van der Waals surface area (Å²) in [6.07, 6.45) is 0. The topological polar surface area (TPSA) is 69.6 Å². The molecule has 2 N–H and O–H groups in total. The number of amides is 2. The number of nitrogens with one attached hydrogen (secondary N) is 1. The Morgan fingerprint density at radius 3 is 2.84 bits per heavy atom. The average molecular weight is 347 g/mol. The van der Waals surface area contributed by atoms with Crippen LogP contribution < -0.4 is 5.32 Å². The number of hydrogen-bond acceptors (Lipinski definition) is 3. The third-order valence-corrected chi connectivity index (χ3v) is 5.23. The average Bonchev–Trinajstić information content (AvgIpc) is 2.92. The summed E-state index contributed by atoms with van der Waals surface area (Å²) in [6.45, 7) is 3.10. The molecule has 0 saturated carbocycles. The van der Waals surface area contributed by atoms with Gasteiger partial charge in [-0.3, -0.25) is 4.79 Å². The summed E-state index contributed by atoms with van der Waals surface area (Å²) in [5.74, 6) is -1.29. The molecular formula is C12H15BrN2O3S. The normalized spacial score (nSPS) is 22.5. The summed E-state index contributed by atoms with van der Waals surface area (Å²) in [7, 11) is 0. The van der Waals surface area contributed by atoms with Crippen LogP contribution in [0.15, 0.2) is 15.9 Å². The molecule has 2 heterocycles. The van der Waals surface area contributed by atoms with Gasteiger partial charge in [-0.05, 0) is 33.3 Å². The zero-order valence-corrected chi connectivity index (χ0v) is 12.8. The number of thiophene rings is 1. The Morgan fingerprint density at radius 1 is 1.58 bits per heavy atom. The first-order valence-electron chi connectivity index (χ1n) is 5.96. The van der Waals surface area contributed by atoms with Crippen LogP contribution in [0, 0.1) is 11.8 Å². The zero-order chi connectivity index (χ0) is 14.0. The van der Waals surface area contributed by atoms with E-state index in [2.05, 4.69) is 21.2 Å². The minimum atomic E-state index is -0.830. The summed E-state index contributed by atoms with van der Waals surface area (Å²) in [6, 6.07) is 1.74. The number of carboxylic acids is 1. The quantitative estimate of drug-likeness (QED) is 0.882. The molecule has 1 saturated heterocycles. The van der Waals surface area contributed by atoms with Gasteiger partial charge in [0.2, 0.25) is 0 Å². The minimum Gasteiger partial charge on any atom is -0.481 e. The van der Waals surface area contributed by atoms with Crippen molar-refractivity contribution in [2.24, 2.45) is 11.8 Å². The monoisotopic (exact) mass is 346 g/mol. The van der Waals surface area contributed by atoms with Crippen LogP contribution in [0.25, 0.3) is 0 Å². The van der Waals surface area contributed by atoms with Crippen LogP contribution in [0.5, 0.6) is 0 Å². The van der Waals surface area contributed by atoms with Gasteiger partial charge in [0.15, 0.2) is 0 Å². The fourth-order valence-corrected chi connectivity index (χ4v) is 3.61. The van der Waals surface area contributed by atoms with Gasteiger partial charge in [-0.15, -0.1) is 11.3 Å². The molecule has 7 heteroatoms. The Bertz CT molecular complexity index is 491. The van der Waals surface area contributed by atoms with E-state index in [1.807, 2.05) is 18.4 Å². The third-order valence-electron chi connectivity index (χ3n) is 3.31.